The molecule has 0 aliphatic rings. The van der Waals surface area contributed by atoms with Crippen LogP contribution in [-0.2, 0) is 14.9 Å². The summed E-state index contributed by atoms with van der Waals surface area (Å²) >= 11 is 0. The maximum absolute atomic E-state index is 10.8. The first-order valence-corrected chi connectivity index (χ1v) is 5.16. The van der Waals surface area contributed by atoms with Crippen LogP contribution in [-0.4, -0.2) is 19.3 Å². The molecule has 3 heteroatoms. The van der Waals surface area contributed by atoms with Crippen LogP contribution in [0.15, 0.2) is 29.3 Å². The second-order valence-electron chi connectivity index (χ2n) is 4.58. The molecule has 0 spiro atoms. The number of carbonyl (C=O) groups excluding carboxylic acids is 1. The number of hydrogen-bond acceptors (Lipinski definition) is 3. The highest BCUT2D eigenvalue weighted by molar-refractivity contribution is 6.23. The molecule has 0 radical (unpaired) electrons. The van der Waals surface area contributed by atoms with Crippen LogP contribution in [0.5, 0.6) is 0 Å². The minimum absolute atomic E-state index is 0.130. The standard InChI is InChI=1S/C13H17NO2/c1-13(2,3)10-5-7-11(8-6-10)14-9-12(15)16-4/h5-9H,1-4H3. The molecule has 3 nitrogen and oxygen atoms in total. The molecule has 0 heterocycles. The van der Waals surface area contributed by atoms with Gasteiger partial charge in [-0.25, -0.2) is 9.79 Å². The van der Waals surface area contributed by atoms with E-state index in [9.17, 15) is 4.79 Å². The van der Waals surface area contributed by atoms with Crippen LogP contribution in [0.25, 0.3) is 0 Å². The zero-order chi connectivity index (χ0) is 12.2. The Morgan fingerprint density at radius 1 is 1.25 bits per heavy atom. The van der Waals surface area contributed by atoms with Gasteiger partial charge in [0.05, 0.1) is 12.8 Å². The lowest BCUT2D eigenvalue weighted by Crippen LogP contribution is -2.10. The van der Waals surface area contributed by atoms with Crippen molar-refractivity contribution in [3.8, 4) is 0 Å². The average molecular weight is 219 g/mol. The Balaban J connectivity index is 2.80. The number of benzene rings is 1. The smallest absolute Gasteiger partial charge is 0.349 e. The molecule has 0 atom stereocenters. The van der Waals surface area contributed by atoms with Crippen LogP contribution in [0.1, 0.15) is 26.3 Å². The summed E-state index contributed by atoms with van der Waals surface area (Å²) in [7, 11) is 1.33. The van der Waals surface area contributed by atoms with Gasteiger partial charge in [-0.1, -0.05) is 32.9 Å². The van der Waals surface area contributed by atoms with Crippen LogP contribution in [0, 0.1) is 0 Å². The van der Waals surface area contributed by atoms with E-state index in [0.717, 1.165) is 5.69 Å². The molecular weight excluding hydrogens is 202 g/mol. The third-order valence-corrected chi connectivity index (χ3v) is 2.25. The van der Waals surface area contributed by atoms with Gasteiger partial charge in [0.1, 0.15) is 6.21 Å². The van der Waals surface area contributed by atoms with E-state index in [4.69, 9.17) is 0 Å². The van der Waals surface area contributed by atoms with Gasteiger partial charge >= 0.3 is 5.97 Å². The highest BCUT2D eigenvalue weighted by Crippen LogP contribution is 2.24. The van der Waals surface area contributed by atoms with Crippen LogP contribution >= 0.6 is 0 Å². The molecule has 0 bridgehead atoms. The topological polar surface area (TPSA) is 38.7 Å². The minimum Gasteiger partial charge on any atom is -0.465 e. The molecule has 0 amide bonds. The molecule has 0 unspecified atom stereocenters. The zero-order valence-corrected chi connectivity index (χ0v) is 10.2. The van der Waals surface area contributed by atoms with Gasteiger partial charge in [0.2, 0.25) is 0 Å². The van der Waals surface area contributed by atoms with Crippen molar-refractivity contribution in [1.82, 2.24) is 0 Å². The molecule has 0 fully saturated rings. The largest absolute Gasteiger partial charge is 0.465 e. The summed E-state index contributed by atoms with van der Waals surface area (Å²) in [6, 6.07) is 7.81. The van der Waals surface area contributed by atoms with E-state index in [0.29, 0.717) is 0 Å². The number of hydrogen-bond donors (Lipinski definition) is 0. The van der Waals surface area contributed by atoms with E-state index in [1.165, 1.54) is 18.9 Å². The number of esters is 1. The first-order chi connectivity index (χ1) is 7.43. The number of ether oxygens (including phenoxy) is 1. The molecule has 0 aliphatic carbocycles. The zero-order valence-electron chi connectivity index (χ0n) is 10.2. The molecule has 0 saturated heterocycles. The Morgan fingerprint density at radius 2 is 1.81 bits per heavy atom. The van der Waals surface area contributed by atoms with Crippen LogP contribution in [0.4, 0.5) is 5.69 Å². The third-order valence-electron chi connectivity index (χ3n) is 2.25. The van der Waals surface area contributed by atoms with E-state index in [-0.39, 0.29) is 5.41 Å². The van der Waals surface area contributed by atoms with Gasteiger partial charge in [-0.15, -0.1) is 0 Å². The van der Waals surface area contributed by atoms with Gasteiger partial charge in [0.25, 0.3) is 0 Å². The van der Waals surface area contributed by atoms with Crippen molar-refractivity contribution >= 4 is 17.9 Å². The summed E-state index contributed by atoms with van der Waals surface area (Å²) in [5.74, 6) is -0.445. The second-order valence-corrected chi connectivity index (χ2v) is 4.58. The Hall–Kier alpha value is -1.64. The first-order valence-electron chi connectivity index (χ1n) is 5.16. The van der Waals surface area contributed by atoms with Crippen molar-refractivity contribution in [2.24, 2.45) is 4.99 Å². The summed E-state index contributed by atoms with van der Waals surface area (Å²) in [5, 5.41) is 0. The molecule has 0 aromatic heterocycles. The first kappa shape index (κ1) is 12.4. The van der Waals surface area contributed by atoms with E-state index in [2.05, 4.69) is 30.5 Å². The molecule has 1 aromatic rings. The summed E-state index contributed by atoms with van der Waals surface area (Å²) in [5.41, 5.74) is 2.12. The lowest BCUT2D eigenvalue weighted by Gasteiger charge is -2.18. The number of carbonyl (C=O) groups is 1. The Labute approximate surface area is 96.2 Å². The van der Waals surface area contributed by atoms with Crippen molar-refractivity contribution in [3.63, 3.8) is 0 Å². The van der Waals surface area contributed by atoms with Crippen molar-refractivity contribution in [1.29, 1.82) is 0 Å². The van der Waals surface area contributed by atoms with Gasteiger partial charge in [-0.3, -0.25) is 0 Å². The van der Waals surface area contributed by atoms with Crippen LogP contribution < -0.4 is 0 Å². The minimum atomic E-state index is -0.445. The third kappa shape index (κ3) is 3.50. The Morgan fingerprint density at radius 3 is 2.25 bits per heavy atom. The van der Waals surface area contributed by atoms with E-state index in [1.807, 2.05) is 24.3 Å². The molecule has 16 heavy (non-hydrogen) atoms. The fourth-order valence-corrected chi connectivity index (χ4v) is 1.23. The maximum atomic E-state index is 10.8. The SMILES string of the molecule is COC(=O)C=Nc1ccc(C(C)(C)C)cc1. The van der Waals surface area contributed by atoms with Gasteiger partial charge in [0, 0.05) is 0 Å². The van der Waals surface area contributed by atoms with E-state index in [1.54, 1.807) is 0 Å². The van der Waals surface area contributed by atoms with Gasteiger partial charge in [0.15, 0.2) is 0 Å². The quantitative estimate of drug-likeness (QED) is 0.566. The fraction of sp³-hybridized carbons (Fsp3) is 0.385. The molecular formula is C13H17NO2. The number of aliphatic imine (C=N–C) groups is 1. The van der Waals surface area contributed by atoms with E-state index < -0.39 is 5.97 Å². The maximum Gasteiger partial charge on any atom is 0.349 e. The highest BCUT2D eigenvalue weighted by atomic mass is 16.5. The predicted octanol–water partition coefficient (Wildman–Crippen LogP) is 2.86. The monoisotopic (exact) mass is 219 g/mol. The van der Waals surface area contributed by atoms with E-state index >= 15 is 0 Å². The lowest BCUT2D eigenvalue weighted by atomic mass is 9.87. The number of rotatable bonds is 2. The summed E-state index contributed by atoms with van der Waals surface area (Å²) in [6.45, 7) is 6.46. The van der Waals surface area contributed by atoms with Crippen molar-refractivity contribution in [2.75, 3.05) is 7.11 Å². The summed E-state index contributed by atoms with van der Waals surface area (Å²) in [4.78, 5) is 14.8. The van der Waals surface area contributed by atoms with Crippen molar-refractivity contribution in [3.05, 3.63) is 29.8 Å². The number of nitrogens with zero attached hydrogens (tertiary/aromatic N) is 1. The van der Waals surface area contributed by atoms with Crippen LogP contribution in [0.3, 0.4) is 0 Å². The van der Waals surface area contributed by atoms with Gasteiger partial charge < -0.3 is 4.74 Å². The normalized spacial score (nSPS) is 11.8. The highest BCUT2D eigenvalue weighted by Gasteiger charge is 2.12. The molecule has 86 valence electrons. The molecule has 1 rings (SSSR count). The van der Waals surface area contributed by atoms with Crippen molar-refractivity contribution in [2.45, 2.75) is 26.2 Å². The number of methoxy groups -OCH3 is 1. The molecule has 1 aromatic carbocycles. The van der Waals surface area contributed by atoms with Gasteiger partial charge in [-0.05, 0) is 23.1 Å². The molecule has 0 saturated carbocycles. The summed E-state index contributed by atoms with van der Waals surface area (Å²) < 4.78 is 4.46. The molecule has 0 N–H and O–H groups in total. The molecule has 0 aliphatic heterocycles. The van der Waals surface area contributed by atoms with Crippen LogP contribution in [0.2, 0.25) is 0 Å². The Bertz CT molecular complexity index is 385. The fourth-order valence-electron chi connectivity index (χ4n) is 1.23. The average Bonchev–Trinajstić information content (AvgIpc) is 2.25. The Kier molecular flexibility index (Phi) is 3.82. The van der Waals surface area contributed by atoms with Crippen molar-refractivity contribution < 1.29 is 9.53 Å². The lowest BCUT2D eigenvalue weighted by molar-refractivity contribution is -0.132. The van der Waals surface area contributed by atoms with Gasteiger partial charge in [-0.2, -0.15) is 0 Å². The predicted molar refractivity (Wildman–Crippen MR) is 65.3 cm³/mol. The summed E-state index contributed by atoms with van der Waals surface area (Å²) in [6.07, 6.45) is 1.17. The second kappa shape index (κ2) is 4.92.